The van der Waals surface area contributed by atoms with Gasteiger partial charge in [0.25, 0.3) is 11.6 Å². The van der Waals surface area contributed by atoms with Gasteiger partial charge in [-0.3, -0.25) is 14.9 Å². The van der Waals surface area contributed by atoms with E-state index in [1.165, 1.54) is 24.4 Å². The molecule has 0 atom stereocenters. The molecule has 0 saturated heterocycles. The fraction of sp³-hybridized carbons (Fsp3) is 0.0455. The van der Waals surface area contributed by atoms with Crippen LogP contribution in [0.2, 0.25) is 0 Å². The summed E-state index contributed by atoms with van der Waals surface area (Å²) in [6, 6.07) is 17.5. The van der Waals surface area contributed by atoms with Gasteiger partial charge in [-0.1, -0.05) is 24.3 Å². The molecule has 0 aliphatic carbocycles. The van der Waals surface area contributed by atoms with Gasteiger partial charge >= 0.3 is 5.97 Å². The van der Waals surface area contributed by atoms with E-state index in [2.05, 4.69) is 42.4 Å². The molecular formula is C22H15Br2N3O6. The maximum atomic E-state index is 12.3. The van der Waals surface area contributed by atoms with Crippen molar-refractivity contribution in [3.8, 4) is 11.5 Å². The standard InChI is InChI=1S/C22H15Br2N3O6/c23-18-7-2-1-6-17(18)22(29)33-16-5-3-4-14(10-16)12-25-26-21(28)13-32-20-9-8-15(27(30)31)11-19(20)24/h1-12H,13H2,(H,26,28)/b25-12+. The number of esters is 1. The van der Waals surface area contributed by atoms with Gasteiger partial charge in [0.15, 0.2) is 6.61 Å². The number of rotatable bonds is 8. The van der Waals surface area contributed by atoms with E-state index in [1.807, 2.05) is 0 Å². The van der Waals surface area contributed by atoms with E-state index in [9.17, 15) is 19.7 Å². The molecule has 1 amide bonds. The summed E-state index contributed by atoms with van der Waals surface area (Å²) in [6.45, 7) is -0.350. The molecule has 0 heterocycles. The second-order valence-electron chi connectivity index (χ2n) is 6.40. The minimum Gasteiger partial charge on any atom is -0.483 e. The zero-order valence-corrected chi connectivity index (χ0v) is 19.9. The number of nitrogens with zero attached hydrogens (tertiary/aromatic N) is 2. The van der Waals surface area contributed by atoms with Gasteiger partial charge in [-0.05, 0) is 67.8 Å². The number of carbonyl (C=O) groups is 2. The smallest absolute Gasteiger partial charge is 0.344 e. The highest BCUT2D eigenvalue weighted by Gasteiger charge is 2.13. The van der Waals surface area contributed by atoms with Crippen LogP contribution in [-0.2, 0) is 4.79 Å². The van der Waals surface area contributed by atoms with Crippen LogP contribution in [0.4, 0.5) is 5.69 Å². The second kappa shape index (κ2) is 11.3. The lowest BCUT2D eigenvalue weighted by molar-refractivity contribution is -0.384. The Morgan fingerprint density at radius 3 is 2.55 bits per heavy atom. The number of non-ortho nitro benzene ring substituents is 1. The highest BCUT2D eigenvalue weighted by Crippen LogP contribution is 2.29. The Hall–Kier alpha value is -3.57. The average molecular weight is 577 g/mol. The summed E-state index contributed by atoms with van der Waals surface area (Å²) in [5.74, 6) is -0.455. The molecule has 3 aromatic rings. The Kier molecular flexibility index (Phi) is 8.28. The largest absolute Gasteiger partial charge is 0.483 e. The number of nitrogens with one attached hydrogen (secondary N) is 1. The van der Waals surface area contributed by atoms with Crippen LogP contribution in [0.5, 0.6) is 11.5 Å². The zero-order valence-electron chi connectivity index (χ0n) is 16.7. The van der Waals surface area contributed by atoms with Crippen LogP contribution in [0.15, 0.2) is 80.8 Å². The number of halogens is 2. The first-order valence-corrected chi connectivity index (χ1v) is 10.9. The first-order valence-electron chi connectivity index (χ1n) is 9.29. The molecule has 0 spiro atoms. The van der Waals surface area contributed by atoms with Crippen molar-refractivity contribution >= 4 is 55.6 Å². The van der Waals surface area contributed by atoms with E-state index in [0.29, 0.717) is 25.8 Å². The van der Waals surface area contributed by atoms with Crippen molar-refractivity contribution in [1.82, 2.24) is 5.43 Å². The molecule has 0 aliphatic rings. The molecule has 9 nitrogen and oxygen atoms in total. The first-order chi connectivity index (χ1) is 15.8. The van der Waals surface area contributed by atoms with E-state index in [-0.39, 0.29) is 18.0 Å². The van der Waals surface area contributed by atoms with Crippen LogP contribution < -0.4 is 14.9 Å². The molecule has 0 bridgehead atoms. The molecule has 33 heavy (non-hydrogen) atoms. The third kappa shape index (κ3) is 6.96. The Labute approximate surface area is 204 Å². The minimum absolute atomic E-state index is 0.104. The van der Waals surface area contributed by atoms with E-state index >= 15 is 0 Å². The minimum atomic E-state index is -0.535. The molecule has 0 saturated carbocycles. The molecule has 168 valence electrons. The Balaban J connectivity index is 1.53. The van der Waals surface area contributed by atoms with Gasteiger partial charge in [-0.2, -0.15) is 5.10 Å². The Morgan fingerprint density at radius 1 is 1.03 bits per heavy atom. The molecular weight excluding hydrogens is 562 g/mol. The van der Waals surface area contributed by atoms with Crippen LogP contribution in [0.25, 0.3) is 0 Å². The quantitative estimate of drug-likeness (QED) is 0.134. The molecule has 11 heteroatoms. The number of hydrogen-bond donors (Lipinski definition) is 1. The zero-order chi connectivity index (χ0) is 23.8. The van der Waals surface area contributed by atoms with Crippen molar-refractivity contribution < 1.29 is 24.0 Å². The van der Waals surface area contributed by atoms with Gasteiger partial charge in [0.2, 0.25) is 0 Å². The van der Waals surface area contributed by atoms with Crippen LogP contribution in [0.3, 0.4) is 0 Å². The fourth-order valence-electron chi connectivity index (χ4n) is 2.52. The molecule has 0 aromatic heterocycles. The lowest BCUT2D eigenvalue weighted by atomic mass is 10.2. The highest BCUT2D eigenvalue weighted by molar-refractivity contribution is 9.10. The van der Waals surface area contributed by atoms with E-state index in [1.54, 1.807) is 48.5 Å². The van der Waals surface area contributed by atoms with Gasteiger partial charge in [0, 0.05) is 16.6 Å². The topological polar surface area (TPSA) is 120 Å². The Bertz CT molecular complexity index is 1230. The maximum absolute atomic E-state index is 12.3. The lowest BCUT2D eigenvalue weighted by Crippen LogP contribution is -2.24. The van der Waals surface area contributed by atoms with Crippen LogP contribution >= 0.6 is 31.9 Å². The molecule has 1 N–H and O–H groups in total. The highest BCUT2D eigenvalue weighted by atomic mass is 79.9. The monoisotopic (exact) mass is 575 g/mol. The predicted molar refractivity (Wildman–Crippen MR) is 128 cm³/mol. The van der Waals surface area contributed by atoms with Crippen molar-refractivity contribution in [2.24, 2.45) is 5.10 Å². The SMILES string of the molecule is O=C(COc1ccc([N+](=O)[O-])cc1Br)N/N=C/c1cccc(OC(=O)c2ccccc2Br)c1. The molecule has 0 radical (unpaired) electrons. The summed E-state index contributed by atoms with van der Waals surface area (Å²) in [5, 5.41) is 14.6. The van der Waals surface area contributed by atoms with Crippen molar-refractivity contribution in [2.75, 3.05) is 6.61 Å². The number of amides is 1. The summed E-state index contributed by atoms with van der Waals surface area (Å²) in [6.07, 6.45) is 1.38. The second-order valence-corrected chi connectivity index (χ2v) is 8.10. The van der Waals surface area contributed by atoms with Crippen molar-refractivity contribution in [2.45, 2.75) is 0 Å². The number of carbonyl (C=O) groups excluding carboxylic acids is 2. The van der Waals surface area contributed by atoms with Gasteiger partial charge in [0.1, 0.15) is 11.5 Å². The van der Waals surface area contributed by atoms with Crippen LogP contribution in [0, 0.1) is 10.1 Å². The van der Waals surface area contributed by atoms with Crippen LogP contribution in [0.1, 0.15) is 15.9 Å². The van der Waals surface area contributed by atoms with E-state index in [0.717, 1.165) is 0 Å². The molecule has 3 rings (SSSR count). The van der Waals surface area contributed by atoms with Gasteiger partial charge < -0.3 is 9.47 Å². The number of nitro groups is 1. The Morgan fingerprint density at radius 2 is 1.82 bits per heavy atom. The van der Waals surface area contributed by atoms with E-state index < -0.39 is 16.8 Å². The first kappa shape index (κ1) is 24.1. The summed E-state index contributed by atoms with van der Waals surface area (Å²) in [5.41, 5.74) is 3.19. The van der Waals surface area contributed by atoms with Crippen LogP contribution in [-0.4, -0.2) is 29.6 Å². The number of benzene rings is 3. The van der Waals surface area contributed by atoms with Crippen molar-refractivity contribution in [3.05, 3.63) is 96.9 Å². The average Bonchev–Trinajstić information content (AvgIpc) is 2.78. The van der Waals surface area contributed by atoms with Crippen molar-refractivity contribution in [1.29, 1.82) is 0 Å². The predicted octanol–water partition coefficient (Wildman–Crippen LogP) is 4.87. The molecule has 3 aromatic carbocycles. The lowest BCUT2D eigenvalue weighted by Gasteiger charge is -2.07. The van der Waals surface area contributed by atoms with Crippen molar-refractivity contribution in [3.63, 3.8) is 0 Å². The fourth-order valence-corrected chi connectivity index (χ4v) is 3.45. The third-order valence-corrected chi connectivity index (χ3v) is 5.36. The normalized spacial score (nSPS) is 10.6. The number of nitro benzene ring substituents is 1. The molecule has 0 unspecified atom stereocenters. The molecule has 0 aliphatic heterocycles. The summed E-state index contributed by atoms with van der Waals surface area (Å²) >= 11 is 6.47. The van der Waals surface area contributed by atoms with Gasteiger partial charge in [-0.15, -0.1) is 0 Å². The molecule has 0 fully saturated rings. The number of hydrazone groups is 1. The summed E-state index contributed by atoms with van der Waals surface area (Å²) in [4.78, 5) is 34.5. The van der Waals surface area contributed by atoms with Gasteiger partial charge in [-0.25, -0.2) is 10.2 Å². The summed E-state index contributed by atoms with van der Waals surface area (Å²) < 4.78 is 11.7. The third-order valence-electron chi connectivity index (χ3n) is 4.05. The summed E-state index contributed by atoms with van der Waals surface area (Å²) in [7, 11) is 0. The van der Waals surface area contributed by atoms with E-state index in [4.69, 9.17) is 9.47 Å². The van der Waals surface area contributed by atoms with Gasteiger partial charge in [0.05, 0.1) is 21.2 Å². The number of ether oxygens (including phenoxy) is 2. The maximum Gasteiger partial charge on any atom is 0.344 e. The number of hydrogen-bond acceptors (Lipinski definition) is 7.